The first-order chi connectivity index (χ1) is 19.7. The maximum atomic E-state index is 13.0. The van der Waals surface area contributed by atoms with Gasteiger partial charge in [-0.1, -0.05) is 61.7 Å². The Balaban J connectivity index is 1.16. The molecule has 0 aromatic heterocycles. The standard InChI is InChI=1S/C34H51N3O4/c1-34(2,3)41-33(39)36(25-27-12-5-4-6-13-27)20-9-10-21-37(40)26-28-18-22-35(23-19-28)32(38)24-30-16-11-15-29-14-7-8-17-31(29)30/h7-8,11,14-17,27-28,40H,4-6,9-10,12-13,18-26H2,1-3H3. The number of likely N-dealkylation sites (tertiary alicyclic amines) is 1. The number of carbonyl (C=O) groups is 2. The molecular weight excluding hydrogens is 514 g/mol. The fourth-order valence-corrected chi connectivity index (χ4v) is 6.34. The Labute approximate surface area is 246 Å². The van der Waals surface area contributed by atoms with E-state index in [1.54, 1.807) is 0 Å². The van der Waals surface area contributed by atoms with Gasteiger partial charge in [0.25, 0.3) is 0 Å². The van der Waals surface area contributed by atoms with Crippen LogP contribution in [0.15, 0.2) is 42.5 Å². The molecular formula is C34H51N3O4. The molecule has 2 aliphatic rings. The number of ether oxygens (including phenoxy) is 1. The summed E-state index contributed by atoms with van der Waals surface area (Å²) in [5, 5.41) is 14.4. The molecule has 1 saturated carbocycles. The van der Waals surface area contributed by atoms with Crippen molar-refractivity contribution in [3.8, 4) is 0 Å². The van der Waals surface area contributed by atoms with Gasteiger partial charge in [0.05, 0.1) is 6.42 Å². The molecule has 0 bridgehead atoms. The Morgan fingerprint density at radius 1 is 0.878 bits per heavy atom. The number of hydrogen-bond donors (Lipinski definition) is 1. The van der Waals surface area contributed by atoms with E-state index in [4.69, 9.17) is 4.74 Å². The molecule has 226 valence electrons. The molecule has 0 radical (unpaired) electrons. The van der Waals surface area contributed by atoms with Crippen molar-refractivity contribution < 1.29 is 19.5 Å². The zero-order chi connectivity index (χ0) is 29.2. The summed E-state index contributed by atoms with van der Waals surface area (Å²) >= 11 is 0. The van der Waals surface area contributed by atoms with Crippen LogP contribution in [0.4, 0.5) is 4.79 Å². The van der Waals surface area contributed by atoms with Gasteiger partial charge in [-0.05, 0) is 87.5 Å². The Bertz CT molecular complexity index is 1110. The summed E-state index contributed by atoms with van der Waals surface area (Å²) in [6.45, 7) is 9.89. The van der Waals surface area contributed by atoms with E-state index < -0.39 is 5.60 Å². The van der Waals surface area contributed by atoms with E-state index >= 15 is 0 Å². The highest BCUT2D eigenvalue weighted by Crippen LogP contribution is 2.26. The third-order valence-electron chi connectivity index (χ3n) is 8.61. The van der Waals surface area contributed by atoms with Crippen LogP contribution < -0.4 is 0 Å². The highest BCUT2D eigenvalue weighted by molar-refractivity contribution is 5.90. The smallest absolute Gasteiger partial charge is 0.410 e. The van der Waals surface area contributed by atoms with Crippen LogP contribution in [0.3, 0.4) is 0 Å². The highest BCUT2D eigenvalue weighted by atomic mass is 16.6. The molecule has 4 rings (SSSR count). The van der Waals surface area contributed by atoms with E-state index in [2.05, 4.69) is 24.3 Å². The number of unbranched alkanes of at least 4 members (excludes halogenated alkanes) is 1. The van der Waals surface area contributed by atoms with Crippen LogP contribution in [0, 0.1) is 11.8 Å². The average molecular weight is 566 g/mol. The maximum Gasteiger partial charge on any atom is 0.410 e. The fourth-order valence-electron chi connectivity index (χ4n) is 6.34. The second kappa shape index (κ2) is 15.0. The molecule has 0 unspecified atom stereocenters. The Morgan fingerprint density at radius 3 is 2.27 bits per heavy atom. The molecule has 2 aromatic carbocycles. The largest absolute Gasteiger partial charge is 0.444 e. The first-order valence-corrected chi connectivity index (χ1v) is 15.8. The molecule has 1 heterocycles. The number of hydroxylamine groups is 2. The number of nitrogens with zero attached hydrogens (tertiary/aromatic N) is 3. The van der Waals surface area contributed by atoms with Crippen LogP contribution in [0.25, 0.3) is 10.8 Å². The fraction of sp³-hybridized carbons (Fsp3) is 0.647. The lowest BCUT2D eigenvalue weighted by atomic mass is 9.89. The normalized spacial score (nSPS) is 17.2. The average Bonchev–Trinajstić information content (AvgIpc) is 2.95. The number of piperidine rings is 1. The summed E-state index contributed by atoms with van der Waals surface area (Å²) in [7, 11) is 0. The molecule has 7 nitrogen and oxygen atoms in total. The Hall–Kier alpha value is -2.64. The van der Waals surface area contributed by atoms with Gasteiger partial charge in [0, 0.05) is 39.3 Å². The molecule has 0 spiro atoms. The van der Waals surface area contributed by atoms with Gasteiger partial charge in [-0.2, -0.15) is 5.06 Å². The number of carbonyl (C=O) groups excluding carboxylic acids is 2. The van der Waals surface area contributed by atoms with Crippen LogP contribution in [0.2, 0.25) is 0 Å². The minimum atomic E-state index is -0.500. The summed E-state index contributed by atoms with van der Waals surface area (Å²) in [5.74, 6) is 1.13. The second-order valence-electron chi connectivity index (χ2n) is 13.2. The van der Waals surface area contributed by atoms with Crippen LogP contribution in [-0.4, -0.2) is 76.9 Å². The Kier molecular flexibility index (Phi) is 11.5. The van der Waals surface area contributed by atoms with Gasteiger partial charge in [0.1, 0.15) is 5.60 Å². The SMILES string of the molecule is CC(C)(C)OC(=O)N(CCCCN(O)CC1CCN(C(=O)Cc2cccc3ccccc23)CC1)CC1CCCCC1. The first-order valence-electron chi connectivity index (χ1n) is 15.8. The third kappa shape index (κ3) is 10.00. The summed E-state index contributed by atoms with van der Waals surface area (Å²) in [6.07, 6.45) is 9.88. The number of fused-ring (bicyclic) bond motifs is 1. The van der Waals surface area contributed by atoms with Crippen LogP contribution in [0.5, 0.6) is 0 Å². The summed E-state index contributed by atoms with van der Waals surface area (Å²) in [6, 6.07) is 14.4. The topological polar surface area (TPSA) is 73.3 Å². The molecule has 1 saturated heterocycles. The van der Waals surface area contributed by atoms with Gasteiger partial charge in [-0.25, -0.2) is 4.79 Å². The van der Waals surface area contributed by atoms with E-state index in [0.717, 1.165) is 56.3 Å². The molecule has 0 atom stereocenters. The van der Waals surface area contributed by atoms with Gasteiger partial charge in [-0.15, -0.1) is 0 Å². The first kappa shape index (κ1) is 31.3. The zero-order valence-electron chi connectivity index (χ0n) is 25.5. The lowest BCUT2D eigenvalue weighted by molar-refractivity contribution is -0.133. The van der Waals surface area contributed by atoms with Crippen LogP contribution in [-0.2, 0) is 16.0 Å². The van der Waals surface area contributed by atoms with Gasteiger partial charge in [0.15, 0.2) is 0 Å². The summed E-state index contributed by atoms with van der Waals surface area (Å²) in [4.78, 5) is 29.8. The molecule has 2 fully saturated rings. The zero-order valence-corrected chi connectivity index (χ0v) is 25.5. The van der Waals surface area contributed by atoms with Gasteiger partial charge < -0.3 is 19.7 Å². The van der Waals surface area contributed by atoms with E-state index in [-0.39, 0.29) is 12.0 Å². The molecule has 1 aliphatic heterocycles. The van der Waals surface area contributed by atoms with E-state index in [1.165, 1.54) is 42.6 Å². The van der Waals surface area contributed by atoms with Crippen molar-refractivity contribution in [2.45, 2.75) is 90.6 Å². The number of benzene rings is 2. The lowest BCUT2D eigenvalue weighted by Crippen LogP contribution is -2.42. The number of rotatable bonds is 11. The number of amides is 2. The van der Waals surface area contributed by atoms with Gasteiger partial charge in [0.2, 0.25) is 5.91 Å². The molecule has 7 heteroatoms. The van der Waals surface area contributed by atoms with Crippen molar-refractivity contribution in [1.29, 1.82) is 0 Å². The maximum absolute atomic E-state index is 13.0. The van der Waals surface area contributed by atoms with Gasteiger partial charge in [-0.3, -0.25) is 4.79 Å². The third-order valence-corrected chi connectivity index (χ3v) is 8.61. The number of hydrogen-bond acceptors (Lipinski definition) is 5. The predicted octanol–water partition coefficient (Wildman–Crippen LogP) is 6.91. The summed E-state index contributed by atoms with van der Waals surface area (Å²) in [5.41, 5.74) is 0.584. The van der Waals surface area contributed by atoms with Crippen molar-refractivity contribution in [3.63, 3.8) is 0 Å². The van der Waals surface area contributed by atoms with Gasteiger partial charge >= 0.3 is 6.09 Å². The van der Waals surface area contributed by atoms with Crippen LogP contribution >= 0.6 is 0 Å². The highest BCUT2D eigenvalue weighted by Gasteiger charge is 2.26. The molecule has 2 amide bonds. The van der Waals surface area contributed by atoms with Crippen molar-refractivity contribution in [2.24, 2.45) is 11.8 Å². The molecule has 2 aromatic rings. The second-order valence-corrected chi connectivity index (χ2v) is 13.2. The van der Waals surface area contributed by atoms with E-state index in [9.17, 15) is 14.8 Å². The van der Waals surface area contributed by atoms with E-state index in [0.29, 0.717) is 37.9 Å². The summed E-state index contributed by atoms with van der Waals surface area (Å²) < 4.78 is 5.70. The molecule has 41 heavy (non-hydrogen) atoms. The predicted molar refractivity (Wildman–Crippen MR) is 164 cm³/mol. The lowest BCUT2D eigenvalue weighted by Gasteiger charge is -2.33. The van der Waals surface area contributed by atoms with Crippen molar-refractivity contribution in [2.75, 3.05) is 39.3 Å². The quantitative estimate of drug-likeness (QED) is 0.237. The van der Waals surface area contributed by atoms with E-state index in [1.807, 2.05) is 48.8 Å². The molecule has 1 N–H and O–H groups in total. The van der Waals surface area contributed by atoms with Crippen LogP contribution in [0.1, 0.15) is 84.1 Å². The Morgan fingerprint density at radius 2 is 1.54 bits per heavy atom. The molecule has 1 aliphatic carbocycles. The monoisotopic (exact) mass is 565 g/mol. The van der Waals surface area contributed by atoms with Crippen molar-refractivity contribution in [1.82, 2.24) is 14.9 Å². The minimum Gasteiger partial charge on any atom is -0.444 e. The minimum absolute atomic E-state index is 0.184. The van der Waals surface area contributed by atoms with Crippen molar-refractivity contribution >= 4 is 22.8 Å². The van der Waals surface area contributed by atoms with Crippen molar-refractivity contribution in [3.05, 3.63) is 48.0 Å².